The number of ether oxygens (including phenoxy) is 1. The largest absolute Gasteiger partial charge is 0.379 e. The molecule has 0 amide bonds. The zero-order chi connectivity index (χ0) is 20.5. The molecular weight excluding hydrogens is 515 g/mol. The van der Waals surface area contributed by atoms with Gasteiger partial charge >= 0.3 is 0 Å². The number of nitrogens with zero attached hydrogens (tertiary/aromatic N) is 2. The predicted octanol–water partition coefficient (Wildman–Crippen LogP) is 2.83. The van der Waals surface area contributed by atoms with Gasteiger partial charge in [0, 0.05) is 25.3 Å². The average Bonchev–Trinajstić information content (AvgIpc) is 2.74. The van der Waals surface area contributed by atoms with Crippen LogP contribution in [0.4, 0.5) is 5.69 Å². The predicted molar refractivity (Wildman–Crippen MR) is 132 cm³/mol. The standard InChI is InChI=1S/C21H28N4O3S.HI/c1-18-7-9-19(10-8-18)17-23-21(24-20-5-3-2-4-6-20)22-11-16-29(26,27)25-12-14-28-15-13-25;/h2-10H,11-17H2,1H3,(H2,22,23,24);1H. The summed E-state index contributed by atoms with van der Waals surface area (Å²) >= 11 is 0. The molecule has 0 unspecified atom stereocenters. The summed E-state index contributed by atoms with van der Waals surface area (Å²) in [5, 5.41) is 6.38. The molecule has 3 rings (SSSR count). The number of anilines is 1. The molecule has 1 aliphatic heterocycles. The number of benzene rings is 2. The quantitative estimate of drug-likeness (QED) is 0.319. The Morgan fingerprint density at radius 2 is 1.73 bits per heavy atom. The molecule has 0 radical (unpaired) electrons. The average molecular weight is 544 g/mol. The number of rotatable bonds is 7. The normalized spacial score (nSPS) is 15.3. The molecule has 164 valence electrons. The van der Waals surface area contributed by atoms with Crippen molar-refractivity contribution in [2.75, 3.05) is 43.9 Å². The van der Waals surface area contributed by atoms with E-state index in [9.17, 15) is 8.42 Å². The third-order valence-corrected chi connectivity index (χ3v) is 6.46. The van der Waals surface area contributed by atoms with Gasteiger partial charge < -0.3 is 15.4 Å². The zero-order valence-corrected chi connectivity index (χ0v) is 20.2. The number of hydrogen-bond donors (Lipinski definition) is 2. The van der Waals surface area contributed by atoms with Gasteiger partial charge in [-0.15, -0.1) is 24.0 Å². The van der Waals surface area contributed by atoms with E-state index in [2.05, 4.69) is 27.8 Å². The summed E-state index contributed by atoms with van der Waals surface area (Å²) in [6.07, 6.45) is 0. The molecule has 0 saturated carbocycles. The fourth-order valence-corrected chi connectivity index (χ4v) is 4.24. The molecule has 7 nitrogen and oxygen atoms in total. The van der Waals surface area contributed by atoms with Gasteiger partial charge in [0.15, 0.2) is 5.96 Å². The summed E-state index contributed by atoms with van der Waals surface area (Å²) in [4.78, 5) is 4.62. The highest BCUT2D eigenvalue weighted by molar-refractivity contribution is 14.0. The first-order valence-electron chi connectivity index (χ1n) is 9.74. The maximum absolute atomic E-state index is 12.5. The lowest BCUT2D eigenvalue weighted by molar-refractivity contribution is 0.0730. The van der Waals surface area contributed by atoms with E-state index in [4.69, 9.17) is 4.74 Å². The number of aryl methyl sites for hydroxylation is 1. The maximum Gasteiger partial charge on any atom is 0.215 e. The van der Waals surface area contributed by atoms with Gasteiger partial charge in [-0.1, -0.05) is 48.0 Å². The number of halogens is 1. The van der Waals surface area contributed by atoms with E-state index < -0.39 is 10.0 Å². The van der Waals surface area contributed by atoms with Crippen molar-refractivity contribution in [3.8, 4) is 0 Å². The molecule has 0 atom stereocenters. The first kappa shape index (κ1) is 24.6. The lowest BCUT2D eigenvalue weighted by Gasteiger charge is -2.26. The molecule has 0 spiro atoms. The Morgan fingerprint density at radius 3 is 2.40 bits per heavy atom. The van der Waals surface area contributed by atoms with Crippen LogP contribution in [0.3, 0.4) is 0 Å². The van der Waals surface area contributed by atoms with Crippen LogP contribution in [0.1, 0.15) is 11.1 Å². The monoisotopic (exact) mass is 544 g/mol. The highest BCUT2D eigenvalue weighted by Gasteiger charge is 2.23. The van der Waals surface area contributed by atoms with Gasteiger partial charge in [-0.2, -0.15) is 4.31 Å². The van der Waals surface area contributed by atoms with Gasteiger partial charge in [-0.05, 0) is 24.6 Å². The molecule has 0 aromatic heterocycles. The van der Waals surface area contributed by atoms with Crippen molar-refractivity contribution in [1.29, 1.82) is 0 Å². The van der Waals surface area contributed by atoms with E-state index in [1.165, 1.54) is 9.87 Å². The Labute approximate surface area is 196 Å². The van der Waals surface area contributed by atoms with Crippen LogP contribution >= 0.6 is 24.0 Å². The summed E-state index contributed by atoms with van der Waals surface area (Å²) in [5.74, 6) is 0.557. The van der Waals surface area contributed by atoms with Crippen LogP contribution in [-0.2, 0) is 21.3 Å². The Kier molecular flexibility index (Phi) is 10.0. The number of sulfonamides is 1. The lowest BCUT2D eigenvalue weighted by Crippen LogP contribution is -2.44. The summed E-state index contributed by atoms with van der Waals surface area (Å²) in [5.41, 5.74) is 3.18. The Bertz CT molecular complexity index is 900. The third kappa shape index (κ3) is 7.86. The smallest absolute Gasteiger partial charge is 0.215 e. The van der Waals surface area contributed by atoms with Crippen molar-refractivity contribution in [1.82, 2.24) is 9.62 Å². The highest BCUT2D eigenvalue weighted by atomic mass is 127. The molecule has 1 heterocycles. The van der Waals surface area contributed by atoms with Gasteiger partial charge in [0.05, 0.1) is 25.5 Å². The van der Waals surface area contributed by atoms with Crippen LogP contribution in [0.2, 0.25) is 0 Å². The van der Waals surface area contributed by atoms with Crippen LogP contribution in [-0.4, -0.2) is 57.3 Å². The van der Waals surface area contributed by atoms with E-state index in [1.54, 1.807) is 0 Å². The van der Waals surface area contributed by atoms with E-state index in [0.29, 0.717) is 38.8 Å². The van der Waals surface area contributed by atoms with Crippen LogP contribution in [0.5, 0.6) is 0 Å². The Hall–Kier alpha value is -1.69. The molecule has 1 saturated heterocycles. The van der Waals surface area contributed by atoms with Gasteiger partial charge in [0.2, 0.25) is 10.0 Å². The van der Waals surface area contributed by atoms with Crippen molar-refractivity contribution in [2.45, 2.75) is 13.5 Å². The molecule has 2 N–H and O–H groups in total. The summed E-state index contributed by atoms with van der Waals surface area (Å²) < 4.78 is 31.7. The third-order valence-electron chi connectivity index (χ3n) is 4.59. The molecule has 2 aromatic carbocycles. The Morgan fingerprint density at radius 1 is 1.07 bits per heavy atom. The van der Waals surface area contributed by atoms with E-state index in [0.717, 1.165) is 11.3 Å². The van der Waals surface area contributed by atoms with Gasteiger partial charge in [0.1, 0.15) is 0 Å². The van der Waals surface area contributed by atoms with Crippen LogP contribution in [0.15, 0.2) is 59.6 Å². The summed E-state index contributed by atoms with van der Waals surface area (Å²) in [6.45, 7) is 4.55. The van der Waals surface area contributed by atoms with E-state index >= 15 is 0 Å². The lowest BCUT2D eigenvalue weighted by atomic mass is 10.1. The molecule has 9 heteroatoms. The van der Waals surface area contributed by atoms with Gasteiger partial charge in [-0.3, -0.25) is 0 Å². The number of hydrogen-bond acceptors (Lipinski definition) is 4. The number of nitrogens with one attached hydrogen (secondary N) is 2. The van der Waals surface area contributed by atoms with Crippen molar-refractivity contribution in [2.24, 2.45) is 4.99 Å². The minimum absolute atomic E-state index is 0. The fourth-order valence-electron chi connectivity index (χ4n) is 2.91. The molecule has 2 aromatic rings. The Balaban J connectivity index is 0.00000320. The van der Waals surface area contributed by atoms with E-state index in [1.807, 2.05) is 49.4 Å². The molecule has 1 aliphatic rings. The molecule has 1 fully saturated rings. The second kappa shape index (κ2) is 12.2. The minimum atomic E-state index is -3.32. The minimum Gasteiger partial charge on any atom is -0.379 e. The first-order chi connectivity index (χ1) is 14.0. The van der Waals surface area contributed by atoms with Gasteiger partial charge in [0.25, 0.3) is 0 Å². The number of guanidine groups is 1. The zero-order valence-electron chi connectivity index (χ0n) is 17.1. The second-order valence-corrected chi connectivity index (χ2v) is 8.98. The molecule has 30 heavy (non-hydrogen) atoms. The number of morpholine rings is 1. The summed E-state index contributed by atoms with van der Waals surface area (Å²) in [6, 6.07) is 17.9. The topological polar surface area (TPSA) is 83.0 Å². The van der Waals surface area contributed by atoms with Crippen molar-refractivity contribution >= 4 is 45.6 Å². The molecular formula is C21H29IN4O3S. The van der Waals surface area contributed by atoms with E-state index in [-0.39, 0.29) is 36.3 Å². The van der Waals surface area contributed by atoms with Crippen molar-refractivity contribution < 1.29 is 13.2 Å². The molecule has 0 bridgehead atoms. The summed E-state index contributed by atoms with van der Waals surface area (Å²) in [7, 11) is -3.32. The highest BCUT2D eigenvalue weighted by Crippen LogP contribution is 2.08. The second-order valence-electron chi connectivity index (χ2n) is 6.90. The first-order valence-corrected chi connectivity index (χ1v) is 11.4. The van der Waals surface area contributed by atoms with Crippen molar-refractivity contribution in [3.63, 3.8) is 0 Å². The SMILES string of the molecule is Cc1ccc(CN=C(NCCS(=O)(=O)N2CCOCC2)Nc2ccccc2)cc1.I. The van der Waals surface area contributed by atoms with Gasteiger partial charge in [-0.25, -0.2) is 13.4 Å². The molecule has 0 aliphatic carbocycles. The van der Waals surface area contributed by atoms with Crippen LogP contribution < -0.4 is 10.6 Å². The number of para-hydroxylation sites is 1. The van der Waals surface area contributed by atoms with Crippen LogP contribution in [0.25, 0.3) is 0 Å². The number of aliphatic imine (C=N–C) groups is 1. The maximum atomic E-state index is 12.5. The van der Waals surface area contributed by atoms with Crippen LogP contribution in [0, 0.1) is 6.92 Å². The van der Waals surface area contributed by atoms with Crippen molar-refractivity contribution in [3.05, 3.63) is 65.7 Å². The fraction of sp³-hybridized carbons (Fsp3) is 0.381.